The number of benzene rings is 1. The molecule has 1 aromatic carbocycles. The van der Waals surface area contributed by atoms with Gasteiger partial charge in [0, 0.05) is 12.6 Å². The predicted octanol–water partition coefficient (Wildman–Crippen LogP) is 1.69. The first kappa shape index (κ1) is 14.7. The zero-order valence-corrected chi connectivity index (χ0v) is 12.6. The number of amides is 1. The molecule has 1 aliphatic carbocycles. The predicted molar refractivity (Wildman–Crippen MR) is 81.9 cm³/mol. The van der Waals surface area contributed by atoms with Gasteiger partial charge in [-0.1, -0.05) is 43.2 Å². The molecule has 1 amide bonds. The van der Waals surface area contributed by atoms with Crippen molar-refractivity contribution in [2.24, 2.45) is 0 Å². The van der Waals surface area contributed by atoms with E-state index in [0.29, 0.717) is 6.04 Å². The average Bonchev–Trinajstić information content (AvgIpc) is 3.22. The first-order valence-corrected chi connectivity index (χ1v) is 7.87. The lowest BCUT2D eigenvalue weighted by atomic mass is 10.1. The summed E-state index contributed by atoms with van der Waals surface area (Å²) in [6, 6.07) is 10.7. The lowest BCUT2D eigenvalue weighted by Crippen LogP contribution is -2.42. The van der Waals surface area contributed by atoms with Crippen molar-refractivity contribution in [3.05, 3.63) is 42.2 Å². The molecule has 0 atom stereocenters. The number of tetrazole rings is 1. The Morgan fingerprint density at radius 1 is 1.23 bits per heavy atom. The van der Waals surface area contributed by atoms with Gasteiger partial charge in [0.15, 0.2) is 0 Å². The highest BCUT2D eigenvalue weighted by Crippen LogP contribution is 2.24. The van der Waals surface area contributed by atoms with Gasteiger partial charge in [-0.05, 0) is 35.3 Å². The Balaban J connectivity index is 1.65. The summed E-state index contributed by atoms with van der Waals surface area (Å²) in [6.45, 7) is 0.980. The van der Waals surface area contributed by atoms with Gasteiger partial charge < -0.3 is 4.90 Å². The second kappa shape index (κ2) is 7.15. The Morgan fingerprint density at radius 3 is 2.68 bits per heavy atom. The van der Waals surface area contributed by atoms with Gasteiger partial charge >= 0.3 is 0 Å². The van der Waals surface area contributed by atoms with E-state index in [1.54, 1.807) is 0 Å². The maximum absolute atomic E-state index is 12.6. The molecule has 116 valence electrons. The van der Waals surface area contributed by atoms with Gasteiger partial charge in [0.2, 0.25) is 5.91 Å². The second-order valence-corrected chi connectivity index (χ2v) is 5.77. The number of hydrogen-bond donors (Lipinski definition) is 0. The minimum Gasteiger partial charge on any atom is -0.338 e. The van der Waals surface area contributed by atoms with Crippen LogP contribution in [0, 0.1) is 0 Å². The van der Waals surface area contributed by atoms with E-state index in [9.17, 15) is 4.79 Å². The number of carbonyl (C=O) groups excluding carboxylic acids is 1. The molecule has 1 fully saturated rings. The maximum Gasteiger partial charge on any atom is 0.244 e. The highest BCUT2D eigenvalue weighted by atomic mass is 16.2. The van der Waals surface area contributed by atoms with Crippen LogP contribution in [0.5, 0.6) is 0 Å². The highest BCUT2D eigenvalue weighted by molar-refractivity contribution is 5.76. The van der Waals surface area contributed by atoms with E-state index in [1.165, 1.54) is 29.4 Å². The molecule has 1 aromatic heterocycles. The van der Waals surface area contributed by atoms with E-state index in [0.717, 1.165) is 25.8 Å². The first-order valence-electron chi connectivity index (χ1n) is 7.87. The summed E-state index contributed by atoms with van der Waals surface area (Å²) >= 11 is 0. The van der Waals surface area contributed by atoms with Crippen molar-refractivity contribution in [3.63, 3.8) is 0 Å². The Bertz CT molecular complexity index is 578. The summed E-state index contributed by atoms with van der Waals surface area (Å²) < 4.78 is 1.49. The molecule has 3 rings (SSSR count). The van der Waals surface area contributed by atoms with Gasteiger partial charge in [-0.2, -0.15) is 0 Å². The van der Waals surface area contributed by atoms with Crippen LogP contribution in [0.3, 0.4) is 0 Å². The lowest BCUT2D eigenvalue weighted by Gasteiger charge is -2.29. The molecule has 0 bridgehead atoms. The van der Waals surface area contributed by atoms with Crippen LogP contribution in [0.2, 0.25) is 0 Å². The van der Waals surface area contributed by atoms with Crippen LogP contribution >= 0.6 is 0 Å². The fraction of sp³-hybridized carbons (Fsp3) is 0.500. The van der Waals surface area contributed by atoms with Crippen molar-refractivity contribution in [2.75, 3.05) is 6.54 Å². The van der Waals surface area contributed by atoms with Gasteiger partial charge in [0.05, 0.1) is 0 Å². The van der Waals surface area contributed by atoms with E-state index in [2.05, 4.69) is 27.7 Å². The third kappa shape index (κ3) is 3.69. The van der Waals surface area contributed by atoms with Gasteiger partial charge in [-0.25, -0.2) is 4.68 Å². The standard InChI is InChI=1S/C16H21N5O/c22-16(12-20-13-17-18-19-20)21(15-8-4-5-9-15)11-10-14-6-2-1-3-7-14/h1-3,6-7,13,15H,4-5,8-12H2. The molecule has 0 aliphatic heterocycles. The second-order valence-electron chi connectivity index (χ2n) is 5.77. The molecule has 1 saturated carbocycles. The maximum atomic E-state index is 12.6. The number of nitrogens with zero attached hydrogens (tertiary/aromatic N) is 5. The fourth-order valence-electron chi connectivity index (χ4n) is 3.10. The van der Waals surface area contributed by atoms with Crippen molar-refractivity contribution >= 4 is 5.91 Å². The summed E-state index contributed by atoms with van der Waals surface area (Å²) in [7, 11) is 0. The summed E-state index contributed by atoms with van der Waals surface area (Å²) in [5.74, 6) is 0.107. The third-order valence-corrected chi connectivity index (χ3v) is 4.26. The third-order valence-electron chi connectivity index (χ3n) is 4.26. The quantitative estimate of drug-likeness (QED) is 0.814. The number of rotatable bonds is 6. The van der Waals surface area contributed by atoms with Crippen LogP contribution in [-0.2, 0) is 17.8 Å². The largest absolute Gasteiger partial charge is 0.338 e. The van der Waals surface area contributed by atoms with Crippen molar-refractivity contribution < 1.29 is 4.79 Å². The number of carbonyl (C=O) groups is 1. The molecule has 1 aliphatic rings. The fourth-order valence-corrected chi connectivity index (χ4v) is 3.10. The zero-order chi connectivity index (χ0) is 15.2. The molecule has 22 heavy (non-hydrogen) atoms. The van der Waals surface area contributed by atoms with Crippen molar-refractivity contribution in [1.82, 2.24) is 25.1 Å². The summed E-state index contributed by atoms with van der Waals surface area (Å²) in [6.07, 6.45) is 7.02. The van der Waals surface area contributed by atoms with Crippen LogP contribution in [0.4, 0.5) is 0 Å². The lowest BCUT2D eigenvalue weighted by molar-refractivity contribution is -0.134. The first-order chi connectivity index (χ1) is 10.8. The van der Waals surface area contributed by atoms with E-state index >= 15 is 0 Å². The number of hydrogen-bond acceptors (Lipinski definition) is 4. The monoisotopic (exact) mass is 299 g/mol. The molecule has 0 spiro atoms. The van der Waals surface area contributed by atoms with Crippen LogP contribution in [-0.4, -0.2) is 43.6 Å². The van der Waals surface area contributed by atoms with Crippen molar-refractivity contribution in [1.29, 1.82) is 0 Å². The highest BCUT2D eigenvalue weighted by Gasteiger charge is 2.26. The molecule has 0 N–H and O–H groups in total. The zero-order valence-electron chi connectivity index (χ0n) is 12.6. The van der Waals surface area contributed by atoms with E-state index in [1.807, 2.05) is 23.1 Å². The molecule has 6 heteroatoms. The summed E-state index contributed by atoms with van der Waals surface area (Å²) in [4.78, 5) is 14.7. The van der Waals surface area contributed by atoms with E-state index in [-0.39, 0.29) is 12.5 Å². The number of aromatic nitrogens is 4. The SMILES string of the molecule is O=C(Cn1cnnn1)N(CCc1ccccc1)C1CCCC1. The summed E-state index contributed by atoms with van der Waals surface area (Å²) in [5.41, 5.74) is 1.26. The molecular weight excluding hydrogens is 278 g/mol. The molecule has 6 nitrogen and oxygen atoms in total. The van der Waals surface area contributed by atoms with Gasteiger partial charge in [0.25, 0.3) is 0 Å². The smallest absolute Gasteiger partial charge is 0.244 e. The van der Waals surface area contributed by atoms with Crippen molar-refractivity contribution in [3.8, 4) is 0 Å². The van der Waals surface area contributed by atoms with Gasteiger partial charge in [0.1, 0.15) is 12.9 Å². The molecule has 0 radical (unpaired) electrons. The van der Waals surface area contributed by atoms with Crippen LogP contribution < -0.4 is 0 Å². The Hall–Kier alpha value is -2.24. The van der Waals surface area contributed by atoms with Crippen LogP contribution in [0.25, 0.3) is 0 Å². The molecule has 2 aromatic rings. The summed E-state index contributed by atoms with van der Waals surface area (Å²) in [5, 5.41) is 11.0. The van der Waals surface area contributed by atoms with Gasteiger partial charge in [-0.3, -0.25) is 4.79 Å². The van der Waals surface area contributed by atoms with Crippen LogP contribution in [0.15, 0.2) is 36.7 Å². The van der Waals surface area contributed by atoms with Gasteiger partial charge in [-0.15, -0.1) is 5.10 Å². The molecule has 1 heterocycles. The minimum atomic E-state index is 0.107. The van der Waals surface area contributed by atoms with E-state index in [4.69, 9.17) is 0 Å². The van der Waals surface area contributed by atoms with Crippen LogP contribution in [0.1, 0.15) is 31.2 Å². The van der Waals surface area contributed by atoms with E-state index < -0.39 is 0 Å². The van der Waals surface area contributed by atoms with Crippen molar-refractivity contribution in [2.45, 2.75) is 44.7 Å². The Kier molecular flexibility index (Phi) is 4.78. The Labute approximate surface area is 130 Å². The molecular formula is C16H21N5O. The normalized spacial score (nSPS) is 15.1. The average molecular weight is 299 g/mol. The molecule has 0 unspecified atom stereocenters. The molecule has 0 saturated heterocycles. The Morgan fingerprint density at radius 2 is 2.00 bits per heavy atom. The minimum absolute atomic E-state index is 0.107. The topological polar surface area (TPSA) is 63.9 Å².